The molecule has 1 amide bonds. The van der Waals surface area contributed by atoms with Gasteiger partial charge < -0.3 is 10.6 Å². The van der Waals surface area contributed by atoms with Crippen molar-refractivity contribution >= 4 is 24.2 Å². The van der Waals surface area contributed by atoms with E-state index in [0.717, 1.165) is 16.7 Å². The maximum Gasteiger partial charge on any atom is 0.247 e. The first-order valence-electron chi connectivity index (χ1n) is 12.1. The zero-order valence-electron chi connectivity index (χ0n) is 21.9. The van der Waals surface area contributed by atoms with Gasteiger partial charge in [0.15, 0.2) is 0 Å². The van der Waals surface area contributed by atoms with E-state index in [9.17, 15) is 4.79 Å². The fourth-order valence-electron chi connectivity index (χ4n) is 3.34. The van der Waals surface area contributed by atoms with Crippen LogP contribution in [0.4, 0.5) is 5.82 Å². The number of nitrogens with zero attached hydrogens (tertiary/aromatic N) is 5. The van der Waals surface area contributed by atoms with Crippen molar-refractivity contribution in [3.63, 3.8) is 0 Å². The van der Waals surface area contributed by atoms with Gasteiger partial charge in [-0.25, -0.2) is 4.98 Å². The Balaban J connectivity index is 2.13. The number of benzene rings is 1. The molecule has 2 N–H and O–H groups in total. The number of aromatic nitrogens is 1. The van der Waals surface area contributed by atoms with Crippen LogP contribution in [0.1, 0.15) is 37.9 Å². The summed E-state index contributed by atoms with van der Waals surface area (Å²) < 4.78 is 0. The van der Waals surface area contributed by atoms with Gasteiger partial charge in [-0.15, -0.1) is 0 Å². The van der Waals surface area contributed by atoms with Crippen LogP contribution in [-0.2, 0) is 4.79 Å². The van der Waals surface area contributed by atoms with E-state index in [1.807, 2.05) is 68.5 Å². The molecule has 3 atom stereocenters. The molecule has 2 rings (SSSR count). The maximum absolute atomic E-state index is 13.3. The third-order valence-corrected chi connectivity index (χ3v) is 5.38. The molecule has 8 heteroatoms. The molecule has 192 valence electrons. The smallest absolute Gasteiger partial charge is 0.247 e. The molecule has 0 saturated heterocycles. The van der Waals surface area contributed by atoms with E-state index >= 15 is 0 Å². The molecular weight excluding hydrogens is 462 g/mol. The molecule has 0 fully saturated rings. The first-order valence-corrected chi connectivity index (χ1v) is 12.1. The van der Waals surface area contributed by atoms with Crippen molar-refractivity contribution in [2.75, 3.05) is 18.9 Å². The molecule has 1 heterocycles. The third-order valence-electron chi connectivity index (χ3n) is 5.38. The summed E-state index contributed by atoms with van der Waals surface area (Å²) in [5.74, 6) is 0.115. The molecular formula is C29H35N7O. The van der Waals surface area contributed by atoms with Crippen LogP contribution in [0.5, 0.6) is 0 Å². The lowest BCUT2D eigenvalue weighted by molar-refractivity contribution is -0.118. The number of rotatable bonds is 13. The summed E-state index contributed by atoms with van der Waals surface area (Å²) >= 11 is 0. The summed E-state index contributed by atoms with van der Waals surface area (Å²) in [7, 11) is 1.73. The first kappa shape index (κ1) is 28.9. The molecule has 1 aromatic carbocycles. The Hall–Kier alpha value is -4.35. The van der Waals surface area contributed by atoms with E-state index in [1.165, 1.54) is 5.12 Å². The van der Waals surface area contributed by atoms with Crippen LogP contribution in [0, 0.1) is 23.2 Å². The highest BCUT2D eigenvalue weighted by Gasteiger charge is 2.22. The number of allylic oxidation sites excluding steroid dienone is 4. The predicted molar refractivity (Wildman–Crippen MR) is 151 cm³/mol. The van der Waals surface area contributed by atoms with Gasteiger partial charge in [0.1, 0.15) is 11.9 Å². The second-order valence-corrected chi connectivity index (χ2v) is 8.41. The zero-order chi connectivity index (χ0) is 27.0. The molecule has 1 aromatic heterocycles. The SMILES string of the molecule is C=C/C=C(\C=C/C(C)C#N)C(C)CNC(C(=O)Nc1ccc(/C=N/N(C)/N=C\C)cn1)c1ccccc1. The third kappa shape index (κ3) is 10.0. The molecule has 0 saturated carbocycles. The number of carbonyl (C=O) groups excluding carboxylic acids is 1. The summed E-state index contributed by atoms with van der Waals surface area (Å²) in [6.45, 7) is 10.1. The highest BCUT2D eigenvalue weighted by molar-refractivity contribution is 5.95. The Bertz CT molecular complexity index is 1160. The normalized spacial score (nSPS) is 14.4. The molecule has 0 radical (unpaired) electrons. The lowest BCUT2D eigenvalue weighted by Crippen LogP contribution is -2.36. The van der Waals surface area contributed by atoms with Gasteiger partial charge in [-0.2, -0.15) is 20.6 Å². The van der Waals surface area contributed by atoms with Gasteiger partial charge in [-0.05, 0) is 43.0 Å². The quantitative estimate of drug-likeness (QED) is 0.228. The average molecular weight is 498 g/mol. The number of hydrogen-bond donors (Lipinski definition) is 2. The van der Waals surface area contributed by atoms with Gasteiger partial charge in [0, 0.05) is 31.6 Å². The van der Waals surface area contributed by atoms with E-state index in [-0.39, 0.29) is 17.7 Å². The van der Waals surface area contributed by atoms with Crippen molar-refractivity contribution < 1.29 is 4.79 Å². The van der Waals surface area contributed by atoms with Gasteiger partial charge in [0.05, 0.1) is 18.2 Å². The molecule has 0 bridgehead atoms. The number of carbonyl (C=O) groups is 1. The van der Waals surface area contributed by atoms with Crippen molar-refractivity contribution in [3.8, 4) is 6.07 Å². The number of amides is 1. The van der Waals surface area contributed by atoms with Crippen LogP contribution in [0.3, 0.4) is 0 Å². The van der Waals surface area contributed by atoms with Crippen LogP contribution in [0.25, 0.3) is 0 Å². The summed E-state index contributed by atoms with van der Waals surface area (Å²) in [4.78, 5) is 17.7. The number of hydrazone groups is 2. The number of nitrogens with one attached hydrogen (secondary N) is 2. The minimum Gasteiger partial charge on any atom is -0.309 e. The van der Waals surface area contributed by atoms with Gasteiger partial charge in [0.25, 0.3) is 0 Å². The van der Waals surface area contributed by atoms with E-state index in [2.05, 4.69) is 45.4 Å². The van der Waals surface area contributed by atoms with Gasteiger partial charge in [-0.1, -0.05) is 68.1 Å². The molecule has 37 heavy (non-hydrogen) atoms. The summed E-state index contributed by atoms with van der Waals surface area (Å²) in [5, 5.41) is 25.0. The first-order chi connectivity index (χ1) is 17.9. The summed E-state index contributed by atoms with van der Waals surface area (Å²) in [6.07, 6.45) is 12.4. The van der Waals surface area contributed by atoms with Crippen LogP contribution in [0.15, 0.2) is 95.3 Å². The van der Waals surface area contributed by atoms with Crippen molar-refractivity contribution in [2.45, 2.75) is 26.8 Å². The number of pyridine rings is 1. The Kier molecular flexibility index (Phi) is 12.2. The second kappa shape index (κ2) is 15.6. The number of anilines is 1. The predicted octanol–water partition coefficient (Wildman–Crippen LogP) is 5.09. The Labute approximate surface area is 219 Å². The van der Waals surface area contributed by atoms with Crippen LogP contribution >= 0.6 is 0 Å². The number of nitriles is 1. The Morgan fingerprint density at radius 3 is 2.59 bits per heavy atom. The number of hydrogen-bond acceptors (Lipinski definition) is 7. The Morgan fingerprint density at radius 1 is 1.22 bits per heavy atom. The largest absolute Gasteiger partial charge is 0.309 e. The molecule has 0 aliphatic rings. The van der Waals surface area contributed by atoms with Crippen molar-refractivity contribution in [3.05, 3.63) is 96.2 Å². The van der Waals surface area contributed by atoms with E-state index in [0.29, 0.717) is 12.4 Å². The maximum atomic E-state index is 13.3. The lowest BCUT2D eigenvalue weighted by Gasteiger charge is -2.22. The summed E-state index contributed by atoms with van der Waals surface area (Å²) in [5.41, 5.74) is 2.65. The molecule has 0 aliphatic carbocycles. The van der Waals surface area contributed by atoms with Crippen molar-refractivity contribution in [1.82, 2.24) is 15.4 Å². The standard InChI is InChI=1S/C29H35N7O/c1-6-11-25(16-14-22(3)18-30)23(4)19-32-28(26-12-9-8-10-13-26)29(37)35-27-17-15-24(20-31-27)21-34-36(5)33-7-2/h6-17,20-23,28,32H,1,19H2,2-5H3,(H,31,35,37)/b16-14-,25-11+,33-7-,34-21+. The Morgan fingerprint density at radius 2 is 1.97 bits per heavy atom. The van der Waals surface area contributed by atoms with Crippen molar-refractivity contribution in [2.24, 2.45) is 22.0 Å². The lowest BCUT2D eigenvalue weighted by atomic mass is 9.97. The molecule has 0 aliphatic heterocycles. The van der Waals surface area contributed by atoms with Gasteiger partial charge >= 0.3 is 0 Å². The fourth-order valence-corrected chi connectivity index (χ4v) is 3.34. The zero-order valence-corrected chi connectivity index (χ0v) is 21.9. The molecule has 0 spiro atoms. The fraction of sp³-hybridized carbons (Fsp3) is 0.276. The monoisotopic (exact) mass is 497 g/mol. The summed E-state index contributed by atoms with van der Waals surface area (Å²) in [6, 6.07) is 14.7. The van der Waals surface area contributed by atoms with Gasteiger partial charge in [0.2, 0.25) is 5.91 Å². The molecule has 3 unspecified atom stereocenters. The average Bonchev–Trinajstić information content (AvgIpc) is 2.91. The van der Waals surface area contributed by atoms with Crippen molar-refractivity contribution in [1.29, 1.82) is 5.26 Å². The van der Waals surface area contributed by atoms with Gasteiger partial charge in [-0.3, -0.25) is 4.79 Å². The minimum absolute atomic E-state index is 0.0750. The van der Waals surface area contributed by atoms with Crippen LogP contribution in [0.2, 0.25) is 0 Å². The molecule has 8 nitrogen and oxygen atoms in total. The van der Waals surface area contributed by atoms with E-state index in [4.69, 9.17) is 5.26 Å². The minimum atomic E-state index is -0.584. The van der Waals surface area contributed by atoms with E-state index < -0.39 is 6.04 Å². The van der Waals surface area contributed by atoms with Crippen LogP contribution in [-0.4, -0.2) is 42.0 Å². The highest BCUT2D eigenvalue weighted by atomic mass is 16.2. The topological polar surface area (TPSA) is 106 Å². The highest BCUT2D eigenvalue weighted by Crippen LogP contribution is 2.19. The second-order valence-electron chi connectivity index (χ2n) is 8.41. The van der Waals surface area contributed by atoms with Crippen LogP contribution < -0.4 is 10.6 Å². The van der Waals surface area contributed by atoms with E-state index in [1.54, 1.807) is 37.8 Å². The molecule has 2 aromatic rings.